The van der Waals surface area contributed by atoms with Gasteiger partial charge in [-0.25, -0.2) is 4.39 Å². The fraction of sp³-hybridized carbons (Fsp3) is 0.714. The maximum Gasteiger partial charge on any atom is 0.192 e. The van der Waals surface area contributed by atoms with Crippen molar-refractivity contribution >= 4 is 11.6 Å². The molecule has 0 aromatic rings. The minimum atomic E-state index is -2.23. The molecule has 4 rings (SSSR count). The van der Waals surface area contributed by atoms with Gasteiger partial charge in [0.05, 0.1) is 12.2 Å². The molecule has 0 aliphatic heterocycles. The Bertz CT molecular complexity index is 809. The van der Waals surface area contributed by atoms with Gasteiger partial charge in [0, 0.05) is 16.7 Å². The Morgan fingerprint density at radius 2 is 1.90 bits per heavy atom. The fourth-order valence-electron chi connectivity index (χ4n) is 6.85. The summed E-state index contributed by atoms with van der Waals surface area (Å²) >= 11 is 0. The summed E-state index contributed by atoms with van der Waals surface area (Å²) in [5, 5.41) is 42.1. The SMILES string of the molecule is C[C@]12C=CC(=O)C=C1CC[C@H]1[C@@H]3C[C@@H](O)[C@](O)(C(=O)CO)[C@@]3(C)C[C@H](O)[C@@]12F.O. The number of hydrogen-bond donors (Lipinski definition) is 4. The summed E-state index contributed by atoms with van der Waals surface area (Å²) in [7, 11) is 0. The second-order valence-corrected chi connectivity index (χ2v) is 9.36. The molecule has 0 heterocycles. The van der Waals surface area contributed by atoms with E-state index in [1.54, 1.807) is 13.8 Å². The van der Waals surface area contributed by atoms with Gasteiger partial charge < -0.3 is 25.9 Å². The summed E-state index contributed by atoms with van der Waals surface area (Å²) in [6, 6.07) is 0. The highest BCUT2D eigenvalue weighted by Crippen LogP contribution is 2.69. The third-order valence-electron chi connectivity index (χ3n) is 8.43. The van der Waals surface area contributed by atoms with Crippen LogP contribution < -0.4 is 0 Å². The molecule has 4 aliphatic rings. The predicted molar refractivity (Wildman–Crippen MR) is 100 cm³/mol. The molecule has 3 fully saturated rings. The molecule has 0 aromatic heterocycles. The molecule has 0 unspecified atom stereocenters. The van der Waals surface area contributed by atoms with Crippen LogP contribution in [0.2, 0.25) is 0 Å². The van der Waals surface area contributed by atoms with Crippen LogP contribution in [-0.4, -0.2) is 67.6 Å². The maximum absolute atomic E-state index is 16.8. The van der Waals surface area contributed by atoms with Crippen LogP contribution in [0.3, 0.4) is 0 Å². The van der Waals surface area contributed by atoms with Crippen molar-refractivity contribution in [3.8, 4) is 0 Å². The summed E-state index contributed by atoms with van der Waals surface area (Å²) in [4.78, 5) is 24.2. The molecule has 8 heteroatoms. The number of aliphatic hydroxyl groups excluding tert-OH is 3. The molecule has 0 saturated heterocycles. The second-order valence-electron chi connectivity index (χ2n) is 9.36. The molecule has 162 valence electrons. The Hall–Kier alpha value is -1.45. The molecule has 0 bridgehead atoms. The van der Waals surface area contributed by atoms with E-state index in [-0.39, 0.29) is 24.1 Å². The molecular weight excluding hydrogens is 383 g/mol. The van der Waals surface area contributed by atoms with Crippen molar-refractivity contribution in [2.45, 2.75) is 63.0 Å². The van der Waals surface area contributed by atoms with Crippen molar-refractivity contribution in [1.29, 1.82) is 0 Å². The minimum absolute atomic E-state index is 0. The van der Waals surface area contributed by atoms with Gasteiger partial charge in [-0.2, -0.15) is 0 Å². The van der Waals surface area contributed by atoms with E-state index in [9.17, 15) is 30.0 Å². The average Bonchev–Trinajstić information content (AvgIpc) is 2.84. The molecular formula is C21H29FO7. The number of aliphatic hydroxyl groups is 4. The number of rotatable bonds is 2. The Balaban J connectivity index is 0.00000240. The van der Waals surface area contributed by atoms with Crippen molar-refractivity contribution in [3.63, 3.8) is 0 Å². The summed E-state index contributed by atoms with van der Waals surface area (Å²) in [6.45, 7) is 2.33. The predicted octanol–water partition coefficient (Wildman–Crippen LogP) is -0.204. The number of halogens is 1. The molecule has 0 amide bonds. The Kier molecular flexibility index (Phi) is 5.00. The Morgan fingerprint density at radius 3 is 2.52 bits per heavy atom. The first-order valence-corrected chi connectivity index (χ1v) is 9.82. The molecule has 0 aromatic carbocycles. The highest BCUT2D eigenvalue weighted by atomic mass is 19.1. The van der Waals surface area contributed by atoms with E-state index in [2.05, 4.69) is 0 Å². The number of Topliss-reactive ketones (excluding diaryl/α,β-unsaturated/α-hetero) is 1. The number of carbonyl (C=O) groups is 2. The number of ketones is 2. The van der Waals surface area contributed by atoms with E-state index in [4.69, 9.17) is 0 Å². The number of hydrogen-bond acceptors (Lipinski definition) is 6. The minimum Gasteiger partial charge on any atom is -0.412 e. The van der Waals surface area contributed by atoms with Crippen LogP contribution in [0.25, 0.3) is 0 Å². The quantitative estimate of drug-likeness (QED) is 0.494. The first-order chi connectivity index (χ1) is 13.0. The van der Waals surface area contributed by atoms with E-state index in [1.807, 2.05) is 0 Å². The van der Waals surface area contributed by atoms with Gasteiger partial charge in [-0.1, -0.05) is 18.6 Å². The van der Waals surface area contributed by atoms with E-state index >= 15 is 4.39 Å². The lowest BCUT2D eigenvalue weighted by Crippen LogP contribution is -2.69. The molecule has 7 nitrogen and oxygen atoms in total. The summed E-state index contributed by atoms with van der Waals surface area (Å²) in [5.74, 6) is -2.38. The molecule has 29 heavy (non-hydrogen) atoms. The lowest BCUT2D eigenvalue weighted by molar-refractivity contribution is -0.222. The van der Waals surface area contributed by atoms with E-state index in [1.165, 1.54) is 18.2 Å². The normalized spacial score (nSPS) is 50.7. The van der Waals surface area contributed by atoms with E-state index < -0.39 is 58.5 Å². The summed E-state index contributed by atoms with van der Waals surface area (Å²) < 4.78 is 16.8. The fourth-order valence-corrected chi connectivity index (χ4v) is 6.85. The van der Waals surface area contributed by atoms with Crippen LogP contribution in [0.4, 0.5) is 4.39 Å². The van der Waals surface area contributed by atoms with Crippen molar-refractivity contribution in [2.24, 2.45) is 22.7 Å². The van der Waals surface area contributed by atoms with Crippen molar-refractivity contribution < 1.29 is 39.9 Å². The van der Waals surface area contributed by atoms with Crippen molar-refractivity contribution in [3.05, 3.63) is 23.8 Å². The topological polar surface area (TPSA) is 147 Å². The van der Waals surface area contributed by atoms with Gasteiger partial charge in [0.15, 0.2) is 22.8 Å². The van der Waals surface area contributed by atoms with Gasteiger partial charge in [0.25, 0.3) is 0 Å². The molecule has 3 saturated carbocycles. The lowest BCUT2D eigenvalue weighted by atomic mass is 9.44. The van der Waals surface area contributed by atoms with Gasteiger partial charge in [-0.05, 0) is 50.7 Å². The van der Waals surface area contributed by atoms with Crippen LogP contribution in [0.15, 0.2) is 23.8 Å². The van der Waals surface area contributed by atoms with Gasteiger partial charge in [0.2, 0.25) is 0 Å². The zero-order chi connectivity index (χ0) is 20.7. The number of fused-ring (bicyclic) bond motifs is 5. The molecule has 0 spiro atoms. The smallest absolute Gasteiger partial charge is 0.192 e. The van der Waals surface area contributed by atoms with Crippen LogP contribution in [0.1, 0.15) is 39.5 Å². The highest BCUT2D eigenvalue weighted by molar-refractivity contribution is 6.01. The zero-order valence-electron chi connectivity index (χ0n) is 16.6. The van der Waals surface area contributed by atoms with Crippen LogP contribution in [0, 0.1) is 22.7 Å². The Morgan fingerprint density at radius 1 is 1.24 bits per heavy atom. The van der Waals surface area contributed by atoms with Crippen molar-refractivity contribution in [1.82, 2.24) is 0 Å². The zero-order valence-corrected chi connectivity index (χ0v) is 16.6. The maximum atomic E-state index is 16.8. The van der Waals surface area contributed by atoms with Crippen LogP contribution >= 0.6 is 0 Å². The van der Waals surface area contributed by atoms with Gasteiger partial charge in [-0.3, -0.25) is 9.59 Å². The van der Waals surface area contributed by atoms with Crippen LogP contribution in [0.5, 0.6) is 0 Å². The van der Waals surface area contributed by atoms with Gasteiger partial charge in [0.1, 0.15) is 6.61 Å². The molecule has 8 atom stereocenters. The van der Waals surface area contributed by atoms with Crippen LogP contribution in [-0.2, 0) is 9.59 Å². The number of carbonyl (C=O) groups excluding carboxylic acids is 2. The summed E-state index contributed by atoms with van der Waals surface area (Å²) in [5.41, 5.74) is -6.12. The van der Waals surface area contributed by atoms with E-state index in [0.717, 1.165) is 0 Å². The molecule has 0 radical (unpaired) electrons. The monoisotopic (exact) mass is 412 g/mol. The second kappa shape index (κ2) is 6.52. The molecule has 6 N–H and O–H groups in total. The Labute approximate surface area is 168 Å². The first kappa shape index (κ1) is 22.2. The number of alkyl halides is 1. The number of allylic oxidation sites excluding steroid dienone is 4. The lowest BCUT2D eigenvalue weighted by Gasteiger charge is -2.62. The van der Waals surface area contributed by atoms with E-state index in [0.29, 0.717) is 18.4 Å². The van der Waals surface area contributed by atoms with Crippen molar-refractivity contribution in [2.75, 3.05) is 6.61 Å². The third kappa shape index (κ3) is 2.35. The largest absolute Gasteiger partial charge is 0.412 e. The average molecular weight is 412 g/mol. The first-order valence-electron chi connectivity index (χ1n) is 9.82. The highest BCUT2D eigenvalue weighted by Gasteiger charge is 2.76. The summed E-state index contributed by atoms with van der Waals surface area (Å²) in [6.07, 6.45) is 1.93. The van der Waals surface area contributed by atoms with Gasteiger partial charge in [-0.15, -0.1) is 0 Å². The standard InChI is InChI=1S/C21H27FO6.H2O/c1-18-6-5-12(24)7-11(18)3-4-13-14-8-15(25)21(28,17(27)10-23)19(14,2)9-16(26)20(13,18)22;/h5-7,13-16,23,25-26,28H,3-4,8-10H2,1-2H3;1H2/t13-,14-,15+,16-,18-,19-,20-,21-;/m0./s1. The molecule has 4 aliphatic carbocycles. The third-order valence-corrected chi connectivity index (χ3v) is 8.43. The van der Waals surface area contributed by atoms with Gasteiger partial charge >= 0.3 is 0 Å².